The monoisotopic (exact) mass is 405 g/mol. The molecule has 2 heterocycles. The lowest BCUT2D eigenvalue weighted by Crippen LogP contribution is -2.17. The minimum absolute atomic E-state index is 0.195. The van der Waals surface area contributed by atoms with Crippen molar-refractivity contribution >= 4 is 22.9 Å². The maximum atomic E-state index is 13.2. The number of fused-ring (bicyclic) bond motifs is 1. The van der Waals surface area contributed by atoms with Gasteiger partial charge in [0.1, 0.15) is 11.3 Å². The fourth-order valence-corrected chi connectivity index (χ4v) is 2.73. The van der Waals surface area contributed by atoms with Gasteiger partial charge in [-0.05, 0) is 51.8 Å². The smallest absolute Gasteiger partial charge is 0.451 e. The highest BCUT2D eigenvalue weighted by molar-refractivity contribution is 5.84. The highest BCUT2D eigenvalue weighted by Crippen LogP contribution is 2.31. The van der Waals surface area contributed by atoms with E-state index in [-0.39, 0.29) is 11.9 Å². The zero-order valence-corrected chi connectivity index (χ0v) is 16.8. The van der Waals surface area contributed by atoms with E-state index in [1.807, 2.05) is 32.0 Å². The number of aromatic nitrogens is 3. The first kappa shape index (κ1) is 20.6. The summed E-state index contributed by atoms with van der Waals surface area (Å²) in [7, 11) is 0. The largest absolute Gasteiger partial charge is 0.459 e. The predicted molar refractivity (Wildman–Crippen MR) is 106 cm³/mol. The van der Waals surface area contributed by atoms with Crippen molar-refractivity contribution in [3.63, 3.8) is 0 Å². The number of allylic oxidation sites excluding steroid dienone is 1. The first-order valence-electron chi connectivity index (χ1n) is 9.04. The van der Waals surface area contributed by atoms with Crippen molar-refractivity contribution in [1.82, 2.24) is 15.0 Å². The molecule has 0 fully saturated rings. The summed E-state index contributed by atoms with van der Waals surface area (Å²) in [5.41, 5.74) is 3.65. The van der Waals surface area contributed by atoms with Gasteiger partial charge in [-0.25, -0.2) is 0 Å². The molecule has 2 N–H and O–H groups in total. The Morgan fingerprint density at radius 3 is 2.34 bits per heavy atom. The van der Waals surface area contributed by atoms with Crippen LogP contribution in [0.1, 0.15) is 49.5 Å². The molecule has 9 heteroatoms. The van der Waals surface area contributed by atoms with Gasteiger partial charge in [0.25, 0.3) is 0 Å². The van der Waals surface area contributed by atoms with Gasteiger partial charge in [0, 0.05) is 11.6 Å². The Morgan fingerprint density at radius 1 is 1.07 bits per heavy atom. The number of hydrogen-bond donors (Lipinski definition) is 2. The lowest BCUT2D eigenvalue weighted by molar-refractivity contribution is -0.144. The zero-order valence-electron chi connectivity index (χ0n) is 16.8. The third kappa shape index (κ3) is 4.67. The highest BCUT2D eigenvalue weighted by atomic mass is 19.4. The van der Waals surface area contributed by atoms with E-state index in [0.29, 0.717) is 5.76 Å². The van der Waals surface area contributed by atoms with Crippen molar-refractivity contribution in [3.8, 4) is 0 Å². The van der Waals surface area contributed by atoms with Crippen LogP contribution < -0.4 is 10.6 Å². The number of rotatable bonds is 5. The predicted octanol–water partition coefficient (Wildman–Crippen LogP) is 5.76. The zero-order chi connectivity index (χ0) is 21.3. The summed E-state index contributed by atoms with van der Waals surface area (Å²) in [6.45, 7) is 9.28. The second-order valence-electron chi connectivity index (χ2n) is 7.13. The van der Waals surface area contributed by atoms with Gasteiger partial charge in [0.05, 0.1) is 6.04 Å². The molecule has 0 amide bonds. The molecule has 2 aromatic heterocycles. The summed E-state index contributed by atoms with van der Waals surface area (Å²) in [6.07, 6.45) is -3.18. The van der Waals surface area contributed by atoms with E-state index >= 15 is 0 Å². The molecule has 0 aliphatic rings. The standard InChI is InChI=1S/C20H22F3N5O/c1-10(2)9-24-18-26-17(20(21,22)23)27-19(28-18)25-13(5)15-8-14-11(3)6-7-12(4)16(14)29-15/h6-9,13H,1-5H3,(H2,24,25,26,27,28). The van der Waals surface area contributed by atoms with E-state index in [1.165, 1.54) is 6.20 Å². The quantitative estimate of drug-likeness (QED) is 0.562. The first-order chi connectivity index (χ1) is 13.5. The van der Waals surface area contributed by atoms with Gasteiger partial charge < -0.3 is 15.1 Å². The van der Waals surface area contributed by atoms with Gasteiger partial charge in [-0.3, -0.25) is 0 Å². The third-order valence-electron chi connectivity index (χ3n) is 4.27. The lowest BCUT2D eigenvalue weighted by Gasteiger charge is -2.14. The summed E-state index contributed by atoms with van der Waals surface area (Å²) < 4.78 is 45.5. The summed E-state index contributed by atoms with van der Waals surface area (Å²) in [4.78, 5) is 11.0. The Morgan fingerprint density at radius 2 is 1.72 bits per heavy atom. The van der Waals surface area contributed by atoms with E-state index in [0.717, 1.165) is 27.7 Å². The van der Waals surface area contributed by atoms with E-state index < -0.39 is 18.0 Å². The van der Waals surface area contributed by atoms with Crippen LogP contribution in [0.15, 0.2) is 34.4 Å². The summed E-state index contributed by atoms with van der Waals surface area (Å²) in [5.74, 6) is -1.09. The number of halogens is 3. The fourth-order valence-electron chi connectivity index (χ4n) is 2.73. The van der Waals surface area contributed by atoms with Gasteiger partial charge in [-0.1, -0.05) is 17.7 Å². The molecule has 6 nitrogen and oxygen atoms in total. The van der Waals surface area contributed by atoms with Crippen molar-refractivity contribution in [2.24, 2.45) is 0 Å². The summed E-state index contributed by atoms with van der Waals surface area (Å²) in [5, 5.41) is 6.50. The second-order valence-corrected chi connectivity index (χ2v) is 7.13. The van der Waals surface area contributed by atoms with E-state index in [4.69, 9.17) is 4.42 Å². The third-order valence-corrected chi connectivity index (χ3v) is 4.27. The maximum Gasteiger partial charge on any atom is 0.451 e. The van der Waals surface area contributed by atoms with Crippen molar-refractivity contribution in [1.29, 1.82) is 0 Å². The molecule has 1 aromatic carbocycles. The Kier molecular flexibility index (Phi) is 5.50. The number of alkyl halides is 3. The van der Waals surface area contributed by atoms with Crippen LogP contribution in [0.5, 0.6) is 0 Å². The summed E-state index contributed by atoms with van der Waals surface area (Å²) >= 11 is 0. The minimum Gasteiger partial charge on any atom is -0.459 e. The molecule has 154 valence electrons. The number of nitrogens with zero attached hydrogens (tertiary/aromatic N) is 3. The molecule has 0 aliphatic carbocycles. The average Bonchev–Trinajstić information content (AvgIpc) is 3.09. The number of benzene rings is 1. The SMILES string of the molecule is CC(C)=CNc1nc(NC(C)c2cc3c(C)ccc(C)c3o2)nc(C(F)(F)F)n1. The molecule has 1 atom stereocenters. The average molecular weight is 405 g/mol. The van der Waals surface area contributed by atoms with Gasteiger partial charge in [-0.15, -0.1) is 0 Å². The molecule has 0 bridgehead atoms. The van der Waals surface area contributed by atoms with Crippen LogP contribution in [-0.4, -0.2) is 15.0 Å². The van der Waals surface area contributed by atoms with Crippen molar-refractivity contribution < 1.29 is 17.6 Å². The van der Waals surface area contributed by atoms with Crippen molar-refractivity contribution in [2.45, 2.75) is 46.8 Å². The molecule has 3 rings (SSSR count). The van der Waals surface area contributed by atoms with Crippen LogP contribution in [0.4, 0.5) is 25.1 Å². The van der Waals surface area contributed by atoms with Gasteiger partial charge in [-0.2, -0.15) is 28.1 Å². The molecule has 0 aliphatic heterocycles. The molecule has 0 spiro atoms. The fraction of sp³-hybridized carbons (Fsp3) is 0.350. The number of aryl methyl sites for hydroxylation is 2. The van der Waals surface area contributed by atoms with Crippen LogP contribution in [0.3, 0.4) is 0 Å². The molecule has 29 heavy (non-hydrogen) atoms. The minimum atomic E-state index is -4.70. The molecule has 0 saturated heterocycles. The Labute approximate surface area is 166 Å². The van der Waals surface area contributed by atoms with Crippen LogP contribution in [0.25, 0.3) is 11.0 Å². The topological polar surface area (TPSA) is 75.9 Å². The Bertz CT molecular complexity index is 1030. The van der Waals surface area contributed by atoms with E-state index in [9.17, 15) is 13.2 Å². The molecular weight excluding hydrogens is 383 g/mol. The number of anilines is 2. The second kappa shape index (κ2) is 7.73. The van der Waals surface area contributed by atoms with Crippen molar-refractivity contribution in [2.75, 3.05) is 10.6 Å². The lowest BCUT2D eigenvalue weighted by atomic mass is 10.1. The molecule has 1 unspecified atom stereocenters. The van der Waals surface area contributed by atoms with Crippen LogP contribution in [0.2, 0.25) is 0 Å². The molecule has 3 aromatic rings. The molecule has 0 radical (unpaired) electrons. The van der Waals surface area contributed by atoms with E-state index in [1.54, 1.807) is 20.8 Å². The molecular formula is C20H22F3N5O. The number of nitrogens with one attached hydrogen (secondary N) is 2. The first-order valence-corrected chi connectivity index (χ1v) is 9.04. The summed E-state index contributed by atoms with van der Waals surface area (Å²) in [6, 6.07) is 5.38. The normalized spacial score (nSPS) is 12.7. The van der Waals surface area contributed by atoms with Gasteiger partial charge in [0.15, 0.2) is 0 Å². The number of furan rings is 1. The Hall–Kier alpha value is -3.10. The van der Waals surface area contributed by atoms with Gasteiger partial charge in [0.2, 0.25) is 17.7 Å². The highest BCUT2D eigenvalue weighted by Gasteiger charge is 2.36. The van der Waals surface area contributed by atoms with Crippen LogP contribution in [0, 0.1) is 13.8 Å². The molecule has 0 saturated carbocycles. The van der Waals surface area contributed by atoms with Gasteiger partial charge >= 0.3 is 6.18 Å². The number of hydrogen-bond acceptors (Lipinski definition) is 6. The maximum absolute atomic E-state index is 13.2. The van der Waals surface area contributed by atoms with E-state index in [2.05, 4.69) is 25.6 Å². The Balaban J connectivity index is 1.94. The van der Waals surface area contributed by atoms with Crippen molar-refractivity contribution in [3.05, 3.63) is 52.7 Å². The van der Waals surface area contributed by atoms with Crippen LogP contribution in [-0.2, 0) is 6.18 Å². The van der Waals surface area contributed by atoms with Crippen LogP contribution >= 0.6 is 0 Å².